The van der Waals surface area contributed by atoms with E-state index in [2.05, 4.69) is 112 Å². The summed E-state index contributed by atoms with van der Waals surface area (Å²) in [7, 11) is 0. The Labute approximate surface area is 694 Å². The van der Waals surface area contributed by atoms with Crippen LogP contribution in [0.15, 0.2) is 176 Å². The lowest BCUT2D eigenvalue weighted by Gasteiger charge is -2.34. The van der Waals surface area contributed by atoms with Crippen LogP contribution in [-0.2, 0) is 26.1 Å². The van der Waals surface area contributed by atoms with Crippen LogP contribution in [0.2, 0.25) is 30.1 Å². The summed E-state index contributed by atoms with van der Waals surface area (Å²) in [5.74, 6) is 1.80. The highest BCUT2D eigenvalue weighted by molar-refractivity contribution is 6.32. The number of likely N-dealkylation sites (tertiary alicyclic amines) is 2. The maximum Gasteiger partial charge on any atom is 0.328 e. The van der Waals surface area contributed by atoms with E-state index >= 15 is 0 Å². The molecule has 3 aliphatic rings. The van der Waals surface area contributed by atoms with E-state index in [0.717, 1.165) is 98.4 Å². The van der Waals surface area contributed by atoms with E-state index in [1.165, 1.54) is 50.7 Å². The summed E-state index contributed by atoms with van der Waals surface area (Å²) >= 11 is 35.8. The van der Waals surface area contributed by atoms with Gasteiger partial charge in [-0.25, -0.2) is 58.7 Å². The first-order chi connectivity index (χ1) is 55.9. The molecule has 0 spiro atoms. The summed E-state index contributed by atoms with van der Waals surface area (Å²) in [6.07, 6.45) is 27.9. The number of fused-ring (bicyclic) bond motifs is 6. The Morgan fingerprint density at radius 1 is 0.405 bits per heavy atom. The van der Waals surface area contributed by atoms with Gasteiger partial charge in [-0.2, -0.15) is 0 Å². The number of halogens is 6. The fourth-order valence-electron chi connectivity index (χ4n) is 15.3. The molecule has 0 radical (unpaired) electrons. The first-order valence-electron chi connectivity index (χ1n) is 38.6. The fourth-order valence-corrected chi connectivity index (χ4v) is 16.2. The van der Waals surface area contributed by atoms with E-state index in [1.807, 2.05) is 79.1 Å². The van der Waals surface area contributed by atoms with Crippen molar-refractivity contribution in [1.82, 2.24) is 112 Å². The van der Waals surface area contributed by atoms with Crippen LogP contribution in [0.25, 0.3) is 67.0 Å². The van der Waals surface area contributed by atoms with Crippen LogP contribution in [0.3, 0.4) is 0 Å². The maximum atomic E-state index is 12.2. The largest absolute Gasteiger partial charge is 0.328 e. The van der Waals surface area contributed by atoms with Crippen molar-refractivity contribution < 1.29 is 0 Å². The number of pyridine rings is 9. The topological polar surface area (TPSA) is 349 Å². The van der Waals surface area contributed by atoms with Gasteiger partial charge >= 0.3 is 34.1 Å². The Hall–Kier alpha value is -10.4. The van der Waals surface area contributed by atoms with E-state index < -0.39 is 0 Å². The maximum absolute atomic E-state index is 12.2. The van der Waals surface area contributed by atoms with E-state index in [-0.39, 0.29) is 52.3 Å². The third-order valence-corrected chi connectivity index (χ3v) is 22.3. The zero-order valence-corrected chi connectivity index (χ0v) is 69.3. The number of hydrogen-bond donors (Lipinski definition) is 6. The molecule has 35 heteroatoms. The number of imidazole rings is 6. The molecule has 0 aromatic carbocycles. The normalized spacial score (nSPS) is 15.4. The first kappa shape index (κ1) is 83.6. The molecule has 0 bridgehead atoms. The number of piperidine rings is 1. The van der Waals surface area contributed by atoms with Crippen LogP contribution in [0, 0.1) is 17.8 Å². The van der Waals surface area contributed by atoms with Crippen LogP contribution < -0.4 is 34.1 Å². The lowest BCUT2D eigenvalue weighted by atomic mass is 9.89. The summed E-state index contributed by atoms with van der Waals surface area (Å²) in [5.41, 5.74) is 10.0. The molecule has 116 heavy (non-hydrogen) atoms. The van der Waals surface area contributed by atoms with Gasteiger partial charge in [-0.05, 0) is 162 Å². The fraction of sp³-hybridized carbons (Fsp3) is 0.370. The standard InChI is InChI=1S/C15H21ClN4O.C14H19ClN4O.3C13H11ClN4O.C13H16ClN3O/c1-10(2)7-19-4-3-11(8-19)9-20-13-5-12(16)6-17-14(13)18-15(20)21;1-9(2)18-5-3-11(4-6-18)19-12-7-10(15)8-16-13(12)17-14(19)20;1-8(9-2-4-15-5-3-9)18-11-6-10(14)7-16-12(11)17-13(18)19;1-8(9-3-2-4-15-6-9)18-11-5-10(14)7-16-12(11)17-13(18)19;14-9-7-11-12(16-8-9)17-13(19)18(11)6-4-10-3-1-2-5-15-10;14-10-6-11-12(15-7-10)16-13(18)17(11)8-9-4-2-1-3-5-9/h5-6,10-11H,3-4,7-9H2,1-2H3,(H,17,18,21);7-9,11H,3-6H2,1-2H3,(H,16,17,20);2*2-8H,1H3,(H,16,17,19);1-3,5,7-8H,4,6H2,(H,16,17,19);6-7,9H,1-5,8H2,(H,15,16,18). The minimum absolute atomic E-state index is 0.0784. The van der Waals surface area contributed by atoms with E-state index in [1.54, 1.807) is 90.6 Å². The van der Waals surface area contributed by atoms with Crippen LogP contribution in [0.1, 0.15) is 128 Å². The molecule has 3 unspecified atom stereocenters. The van der Waals surface area contributed by atoms with Crippen molar-refractivity contribution >= 4 is 137 Å². The van der Waals surface area contributed by atoms with Gasteiger partial charge in [0.05, 0.1) is 75.3 Å². The van der Waals surface area contributed by atoms with Crippen molar-refractivity contribution in [3.8, 4) is 0 Å². The minimum Gasteiger partial charge on any atom is -0.303 e. The van der Waals surface area contributed by atoms with Crippen molar-refractivity contribution in [2.75, 3.05) is 32.7 Å². The molecular formula is C81H89Cl6N23O6. The molecule has 606 valence electrons. The number of nitrogens with zero attached hydrogens (tertiary/aromatic N) is 17. The smallest absolute Gasteiger partial charge is 0.303 e. The van der Waals surface area contributed by atoms with Crippen molar-refractivity contribution in [3.05, 3.63) is 257 Å². The van der Waals surface area contributed by atoms with Gasteiger partial charge in [0.1, 0.15) is 0 Å². The summed E-state index contributed by atoms with van der Waals surface area (Å²) in [6, 6.07) is 24.4. The molecule has 0 amide bonds. The number of rotatable bonds is 15. The lowest BCUT2D eigenvalue weighted by molar-refractivity contribution is 0.152. The number of aryl methyl sites for hydroxylation is 2. The molecule has 15 aromatic heterocycles. The Morgan fingerprint density at radius 3 is 1.34 bits per heavy atom. The summed E-state index contributed by atoms with van der Waals surface area (Å²) in [6.45, 7) is 20.2. The number of aromatic amines is 6. The molecular weight excluding hydrogens is 1600 g/mol. The molecule has 18 rings (SSSR count). The molecule has 1 saturated carbocycles. The third kappa shape index (κ3) is 20.3. The van der Waals surface area contributed by atoms with Crippen LogP contribution >= 0.6 is 69.6 Å². The number of H-pyrrole nitrogens is 6. The predicted octanol–water partition coefficient (Wildman–Crippen LogP) is 14.5. The van der Waals surface area contributed by atoms with Gasteiger partial charge in [0.2, 0.25) is 0 Å². The summed E-state index contributed by atoms with van der Waals surface area (Å²) < 4.78 is 10.3. The average Bonchev–Trinajstić information content (AvgIpc) is 1.65. The highest BCUT2D eigenvalue weighted by Gasteiger charge is 2.28. The molecule has 2 saturated heterocycles. The SMILES string of the molecule is CC(C)CN1CCC(Cn2c(=O)[nH]c3ncc(Cl)cc32)C1.CC(C)N1CCC(n2c(=O)[nH]c3ncc(Cl)cc32)CC1.CC(c1cccnc1)n1c(=O)[nH]c2ncc(Cl)cc21.CC(c1ccncc1)n1c(=O)[nH]c2ncc(Cl)cc21.O=c1[nH]c2ncc(Cl)cc2n1CC1CCCCC1.O=c1[nH]c2ncc(Cl)cc2n1CCc1ccccn1. The van der Waals surface area contributed by atoms with Crippen molar-refractivity contribution in [2.45, 2.75) is 143 Å². The van der Waals surface area contributed by atoms with Crippen LogP contribution in [0.4, 0.5) is 0 Å². The van der Waals surface area contributed by atoms with E-state index in [4.69, 9.17) is 69.6 Å². The van der Waals surface area contributed by atoms with Gasteiger partial charge in [-0.15, -0.1) is 0 Å². The monoisotopic (exact) mass is 1690 g/mol. The van der Waals surface area contributed by atoms with E-state index in [0.29, 0.717) is 117 Å². The highest BCUT2D eigenvalue weighted by atomic mass is 35.5. The Kier molecular flexibility index (Phi) is 27.5. The second kappa shape index (κ2) is 38.1. The zero-order valence-electron chi connectivity index (χ0n) is 64.7. The summed E-state index contributed by atoms with van der Waals surface area (Å²) in [4.78, 5) is 131. The lowest BCUT2D eigenvalue weighted by Crippen LogP contribution is -2.40. The van der Waals surface area contributed by atoms with Crippen molar-refractivity contribution in [3.63, 3.8) is 0 Å². The molecule has 3 fully saturated rings. The molecule has 17 heterocycles. The van der Waals surface area contributed by atoms with Gasteiger partial charge in [-0.1, -0.05) is 115 Å². The molecule has 3 atom stereocenters. The molecule has 29 nitrogen and oxygen atoms in total. The first-order valence-corrected chi connectivity index (χ1v) is 40.8. The Balaban J connectivity index is 0.000000121. The van der Waals surface area contributed by atoms with Gasteiger partial charge in [0, 0.05) is 138 Å². The molecule has 1 aliphatic carbocycles. The molecule has 6 N–H and O–H groups in total. The Bertz CT molecular complexity index is 6090. The van der Waals surface area contributed by atoms with Crippen molar-refractivity contribution in [1.29, 1.82) is 0 Å². The predicted molar refractivity (Wildman–Crippen MR) is 457 cm³/mol. The second-order valence-corrected chi connectivity index (χ2v) is 32.5. The van der Waals surface area contributed by atoms with Crippen LogP contribution in [-0.4, -0.2) is 151 Å². The summed E-state index contributed by atoms with van der Waals surface area (Å²) in [5, 5.41) is 3.20. The third-order valence-electron chi connectivity index (χ3n) is 21.0. The number of aromatic nitrogens is 21. The van der Waals surface area contributed by atoms with Gasteiger partial charge in [0.15, 0.2) is 33.9 Å². The second-order valence-electron chi connectivity index (χ2n) is 29.9. The Morgan fingerprint density at radius 2 is 0.853 bits per heavy atom. The molecule has 2 aliphatic heterocycles. The number of nitrogens with one attached hydrogen (secondary N) is 6. The average molecular weight is 1690 g/mol. The zero-order chi connectivity index (χ0) is 81.8. The van der Waals surface area contributed by atoms with Gasteiger partial charge in [-0.3, -0.25) is 72.3 Å². The van der Waals surface area contributed by atoms with Gasteiger partial charge in [0.25, 0.3) is 0 Å². The number of hydrogen-bond acceptors (Lipinski definition) is 17. The van der Waals surface area contributed by atoms with Crippen LogP contribution in [0.5, 0.6) is 0 Å². The quantitative estimate of drug-likeness (QED) is 0.0555. The minimum atomic E-state index is -0.207. The molecule has 15 aromatic rings. The highest BCUT2D eigenvalue weighted by Crippen LogP contribution is 2.30. The van der Waals surface area contributed by atoms with E-state index in [9.17, 15) is 28.8 Å². The van der Waals surface area contributed by atoms with Crippen molar-refractivity contribution in [2.24, 2.45) is 17.8 Å². The van der Waals surface area contributed by atoms with Gasteiger partial charge < -0.3 is 9.80 Å².